The molecule has 88 valence electrons. The highest BCUT2D eigenvalue weighted by molar-refractivity contribution is 8.12. The third kappa shape index (κ3) is 3.71. The van der Waals surface area contributed by atoms with Gasteiger partial charge in [0.1, 0.15) is 11.3 Å². The zero-order valence-electron chi connectivity index (χ0n) is 8.98. The number of carbonyl (C=O) groups excluding carboxylic acids is 1. The monoisotopic (exact) mass is 266 g/mol. The summed E-state index contributed by atoms with van der Waals surface area (Å²) in [5.41, 5.74) is 0.507. The van der Waals surface area contributed by atoms with Gasteiger partial charge in [0.15, 0.2) is 0 Å². The van der Waals surface area contributed by atoms with Crippen LogP contribution in [0.15, 0.2) is 29.8 Å². The van der Waals surface area contributed by atoms with E-state index in [0.717, 1.165) is 0 Å². The molecule has 1 aromatic carbocycles. The van der Waals surface area contributed by atoms with Crippen LogP contribution in [-0.4, -0.2) is 23.1 Å². The Morgan fingerprint density at radius 1 is 1.47 bits per heavy atom. The molecule has 0 saturated heterocycles. The lowest BCUT2D eigenvalue weighted by Crippen LogP contribution is -2.17. The highest BCUT2D eigenvalue weighted by Gasteiger charge is 2.12. The van der Waals surface area contributed by atoms with E-state index >= 15 is 0 Å². The minimum absolute atomic E-state index is 0.0333. The van der Waals surface area contributed by atoms with Crippen molar-refractivity contribution in [1.82, 2.24) is 0 Å². The number of hydrogen-bond acceptors (Lipinski definition) is 4. The molecule has 0 heterocycles. The first kappa shape index (κ1) is 13.4. The SMILES string of the molecule is COc1ccc(NC(=O)C(=C=N)C(=S)S)cc1. The Bertz CT molecular complexity index is 491. The van der Waals surface area contributed by atoms with Crippen LogP contribution >= 0.6 is 24.8 Å². The molecule has 2 N–H and O–H groups in total. The lowest BCUT2D eigenvalue weighted by molar-refractivity contribution is -0.112. The predicted molar refractivity (Wildman–Crippen MR) is 74.4 cm³/mol. The summed E-state index contributed by atoms with van der Waals surface area (Å²) < 4.78 is 5.02. The minimum atomic E-state index is -0.509. The van der Waals surface area contributed by atoms with Crippen molar-refractivity contribution in [2.45, 2.75) is 0 Å². The van der Waals surface area contributed by atoms with E-state index in [1.807, 2.05) is 5.87 Å². The van der Waals surface area contributed by atoms with Gasteiger partial charge in [-0.25, -0.2) is 0 Å². The molecule has 0 spiro atoms. The second-order valence-electron chi connectivity index (χ2n) is 2.99. The maximum absolute atomic E-state index is 11.6. The van der Waals surface area contributed by atoms with Gasteiger partial charge in [0.05, 0.1) is 11.3 Å². The quantitative estimate of drug-likeness (QED) is 0.338. The van der Waals surface area contributed by atoms with E-state index in [-0.39, 0.29) is 9.77 Å². The average molecular weight is 266 g/mol. The number of rotatable bonds is 4. The number of benzene rings is 1. The van der Waals surface area contributed by atoms with Crippen LogP contribution in [0.4, 0.5) is 5.69 Å². The molecule has 1 rings (SSSR count). The third-order valence-electron chi connectivity index (χ3n) is 1.91. The number of thiocarbonyl (C=S) groups is 1. The fraction of sp³-hybridized carbons (Fsp3) is 0.0909. The molecule has 0 aromatic heterocycles. The summed E-state index contributed by atoms with van der Waals surface area (Å²) in [5.74, 6) is 2.14. The number of carbonyl (C=O) groups is 1. The predicted octanol–water partition coefficient (Wildman–Crippen LogP) is 2.07. The lowest BCUT2D eigenvalue weighted by Gasteiger charge is -2.06. The summed E-state index contributed by atoms with van der Waals surface area (Å²) in [6, 6.07) is 6.78. The van der Waals surface area contributed by atoms with Gasteiger partial charge in [-0.1, -0.05) is 12.2 Å². The fourth-order valence-corrected chi connectivity index (χ4v) is 1.38. The minimum Gasteiger partial charge on any atom is -0.497 e. The van der Waals surface area contributed by atoms with Gasteiger partial charge in [0.2, 0.25) is 0 Å². The molecule has 0 unspecified atom stereocenters. The molecule has 0 bridgehead atoms. The Morgan fingerprint density at radius 3 is 2.47 bits per heavy atom. The van der Waals surface area contributed by atoms with Crippen LogP contribution in [-0.2, 0) is 4.79 Å². The van der Waals surface area contributed by atoms with Gasteiger partial charge in [0.25, 0.3) is 5.91 Å². The standard InChI is InChI=1S/C11H10N2O2S2/c1-15-8-4-2-7(3-5-8)13-10(14)9(6-12)11(16)17/h2-5,12H,1H3,(H,13,14)(H,16,17). The van der Waals surface area contributed by atoms with E-state index in [1.54, 1.807) is 31.4 Å². The first-order valence-electron chi connectivity index (χ1n) is 4.57. The van der Waals surface area contributed by atoms with E-state index < -0.39 is 5.91 Å². The molecule has 17 heavy (non-hydrogen) atoms. The third-order valence-corrected chi connectivity index (χ3v) is 2.34. The zero-order valence-corrected chi connectivity index (χ0v) is 10.7. The van der Waals surface area contributed by atoms with Crippen molar-refractivity contribution in [3.8, 4) is 5.75 Å². The topological polar surface area (TPSA) is 62.2 Å². The van der Waals surface area contributed by atoms with Crippen LogP contribution < -0.4 is 10.1 Å². The van der Waals surface area contributed by atoms with Crippen LogP contribution in [0, 0.1) is 5.41 Å². The van der Waals surface area contributed by atoms with Crippen molar-refractivity contribution >= 4 is 46.5 Å². The molecule has 0 saturated carbocycles. The lowest BCUT2D eigenvalue weighted by atomic mass is 10.2. The zero-order chi connectivity index (χ0) is 12.8. The van der Waals surface area contributed by atoms with Crippen LogP contribution in [0.3, 0.4) is 0 Å². The van der Waals surface area contributed by atoms with E-state index in [0.29, 0.717) is 11.4 Å². The van der Waals surface area contributed by atoms with Crippen molar-refractivity contribution in [2.24, 2.45) is 0 Å². The molecule has 0 fully saturated rings. The fourth-order valence-electron chi connectivity index (χ4n) is 1.08. The van der Waals surface area contributed by atoms with Crippen LogP contribution in [0.2, 0.25) is 0 Å². The Balaban J connectivity index is 2.81. The molecule has 0 aliphatic rings. The summed E-state index contributed by atoms with van der Waals surface area (Å²) in [7, 11) is 1.56. The first-order chi connectivity index (χ1) is 8.08. The van der Waals surface area contributed by atoms with Crippen molar-refractivity contribution in [3.63, 3.8) is 0 Å². The van der Waals surface area contributed by atoms with E-state index in [2.05, 4.69) is 17.9 Å². The van der Waals surface area contributed by atoms with Gasteiger partial charge < -0.3 is 10.1 Å². The molecule has 0 aliphatic heterocycles. The maximum Gasteiger partial charge on any atom is 0.267 e. The van der Waals surface area contributed by atoms with Gasteiger partial charge in [0, 0.05) is 5.69 Å². The van der Waals surface area contributed by atoms with Gasteiger partial charge in [-0.2, -0.15) is 0 Å². The van der Waals surface area contributed by atoms with Crippen molar-refractivity contribution < 1.29 is 9.53 Å². The summed E-state index contributed by atoms with van der Waals surface area (Å²) in [6.07, 6.45) is 0. The van der Waals surface area contributed by atoms with Gasteiger partial charge in [-0.3, -0.25) is 10.2 Å². The van der Waals surface area contributed by atoms with E-state index in [1.165, 1.54) is 0 Å². The van der Waals surface area contributed by atoms with Crippen molar-refractivity contribution in [3.05, 3.63) is 29.8 Å². The molecular weight excluding hydrogens is 256 g/mol. The highest BCUT2D eigenvalue weighted by Crippen LogP contribution is 2.15. The molecule has 0 atom stereocenters. The largest absolute Gasteiger partial charge is 0.497 e. The summed E-state index contributed by atoms with van der Waals surface area (Å²) in [4.78, 5) is 11.6. The maximum atomic E-state index is 11.6. The average Bonchev–Trinajstić information content (AvgIpc) is 2.30. The molecular formula is C11H10N2O2S2. The summed E-state index contributed by atoms with van der Waals surface area (Å²) in [5, 5.41) is 9.52. The number of thiol groups is 1. The number of nitrogens with one attached hydrogen (secondary N) is 2. The van der Waals surface area contributed by atoms with Crippen molar-refractivity contribution in [2.75, 3.05) is 12.4 Å². The molecule has 0 aliphatic carbocycles. The number of ether oxygens (including phenoxy) is 1. The van der Waals surface area contributed by atoms with Crippen LogP contribution in [0.5, 0.6) is 5.75 Å². The first-order valence-corrected chi connectivity index (χ1v) is 5.42. The number of hydrogen-bond donors (Lipinski definition) is 3. The van der Waals surface area contributed by atoms with Crippen LogP contribution in [0.25, 0.3) is 0 Å². The molecule has 0 radical (unpaired) electrons. The van der Waals surface area contributed by atoms with Gasteiger partial charge >= 0.3 is 0 Å². The van der Waals surface area contributed by atoms with Gasteiger partial charge in [-0.05, 0) is 30.1 Å². The smallest absolute Gasteiger partial charge is 0.267 e. The summed E-state index contributed by atoms with van der Waals surface area (Å²) in [6.45, 7) is 0. The van der Waals surface area contributed by atoms with Crippen molar-refractivity contribution in [1.29, 1.82) is 5.41 Å². The number of methoxy groups -OCH3 is 1. The number of amides is 1. The Labute approximate surface area is 110 Å². The second-order valence-corrected chi connectivity index (χ2v) is 4.15. The highest BCUT2D eigenvalue weighted by atomic mass is 32.1. The van der Waals surface area contributed by atoms with Crippen LogP contribution in [0.1, 0.15) is 0 Å². The summed E-state index contributed by atoms with van der Waals surface area (Å²) >= 11 is 8.55. The Kier molecular flexibility index (Phi) is 4.90. The van der Waals surface area contributed by atoms with E-state index in [4.69, 9.17) is 22.4 Å². The molecule has 1 amide bonds. The second kappa shape index (κ2) is 6.20. The molecule has 4 nitrogen and oxygen atoms in total. The Morgan fingerprint density at radius 2 is 2.06 bits per heavy atom. The molecule has 1 aromatic rings. The Hall–Kier alpha value is -1.62. The normalized spacial score (nSPS) is 9.06. The number of anilines is 1. The molecule has 6 heteroatoms. The van der Waals surface area contributed by atoms with E-state index in [9.17, 15) is 4.79 Å². The van der Waals surface area contributed by atoms with Gasteiger partial charge in [-0.15, -0.1) is 12.6 Å².